The minimum atomic E-state index is -0.801. The van der Waals surface area contributed by atoms with Gasteiger partial charge in [-0.05, 0) is 29.9 Å². The van der Waals surface area contributed by atoms with Gasteiger partial charge in [-0.25, -0.2) is 0 Å². The first-order valence-corrected chi connectivity index (χ1v) is 8.38. The molecule has 1 aliphatic rings. The minimum absolute atomic E-state index is 0.114. The topological polar surface area (TPSA) is 87.7 Å². The monoisotopic (exact) mass is 383 g/mol. The van der Waals surface area contributed by atoms with E-state index in [1.165, 1.54) is 12.0 Å². The van der Waals surface area contributed by atoms with E-state index < -0.39 is 12.0 Å². The van der Waals surface area contributed by atoms with Crippen LogP contribution in [0.25, 0.3) is 0 Å². The second kappa shape index (κ2) is 8.77. The van der Waals surface area contributed by atoms with E-state index in [2.05, 4.69) is 15.4 Å². The van der Waals surface area contributed by atoms with Gasteiger partial charge < -0.3 is 20.3 Å². The summed E-state index contributed by atoms with van der Waals surface area (Å²) in [5.74, 6) is -1.16. The third-order valence-electron chi connectivity index (χ3n) is 3.70. The number of amides is 2. The normalized spacial score (nSPS) is 16.8. The van der Waals surface area contributed by atoms with E-state index >= 15 is 0 Å². The molecule has 1 atom stereocenters. The fourth-order valence-corrected chi connectivity index (χ4v) is 2.88. The number of nitrogens with zero attached hydrogens (tertiary/aromatic N) is 1. The van der Waals surface area contributed by atoms with Crippen LogP contribution in [0.5, 0.6) is 0 Å². The molecular weight excluding hydrogens is 366 g/mol. The highest BCUT2D eigenvalue weighted by Crippen LogP contribution is 2.12. The first-order valence-electron chi connectivity index (χ1n) is 7.60. The van der Waals surface area contributed by atoms with Gasteiger partial charge in [-0.15, -0.1) is 0 Å². The Bertz CT molecular complexity index is 680. The largest absolute Gasteiger partial charge is 0.469 e. The van der Waals surface area contributed by atoms with Crippen LogP contribution in [0.3, 0.4) is 0 Å². The zero-order chi connectivity index (χ0) is 18.4. The molecule has 9 heteroatoms. The average Bonchev–Trinajstić information content (AvgIpc) is 2.58. The number of ether oxygens (including phenoxy) is 1. The van der Waals surface area contributed by atoms with E-state index in [-0.39, 0.29) is 29.8 Å². The van der Waals surface area contributed by atoms with Crippen molar-refractivity contribution in [2.45, 2.75) is 18.9 Å². The number of esters is 1. The van der Waals surface area contributed by atoms with Crippen LogP contribution in [0, 0.1) is 0 Å². The summed E-state index contributed by atoms with van der Waals surface area (Å²) in [7, 11) is 1.25. The fourth-order valence-electron chi connectivity index (χ4n) is 2.42. The fraction of sp³-hybridized carbons (Fsp3) is 0.375. The van der Waals surface area contributed by atoms with Crippen LogP contribution in [-0.2, 0) is 25.5 Å². The van der Waals surface area contributed by atoms with E-state index in [9.17, 15) is 14.4 Å². The van der Waals surface area contributed by atoms with Gasteiger partial charge in [-0.3, -0.25) is 14.4 Å². The molecule has 1 aromatic rings. The number of hydrogen-bond acceptors (Lipinski definition) is 5. The molecule has 2 N–H and O–H groups in total. The number of benzene rings is 1. The number of hydrogen-bond donors (Lipinski definition) is 2. The van der Waals surface area contributed by atoms with Gasteiger partial charge in [0.1, 0.15) is 6.04 Å². The van der Waals surface area contributed by atoms with Crippen molar-refractivity contribution in [3.05, 3.63) is 34.9 Å². The summed E-state index contributed by atoms with van der Waals surface area (Å²) in [6.07, 6.45) is -0.0193. The lowest BCUT2D eigenvalue weighted by atomic mass is 10.1. The Kier molecular flexibility index (Phi) is 6.72. The average molecular weight is 384 g/mol. The summed E-state index contributed by atoms with van der Waals surface area (Å²) in [5, 5.41) is 5.98. The van der Waals surface area contributed by atoms with Gasteiger partial charge >= 0.3 is 5.97 Å². The number of methoxy groups -OCH3 is 1. The van der Waals surface area contributed by atoms with E-state index in [1.807, 2.05) is 0 Å². The summed E-state index contributed by atoms with van der Waals surface area (Å²) < 4.78 is 4.61. The summed E-state index contributed by atoms with van der Waals surface area (Å²) in [5.41, 5.74) is 0.784. The zero-order valence-electron chi connectivity index (χ0n) is 13.6. The smallest absolute Gasteiger partial charge is 0.308 e. The molecule has 0 aliphatic carbocycles. The second-order valence-corrected chi connectivity index (χ2v) is 6.26. The first-order chi connectivity index (χ1) is 11.9. The molecule has 2 amide bonds. The molecule has 0 unspecified atom stereocenters. The highest BCUT2D eigenvalue weighted by molar-refractivity contribution is 7.80. The van der Waals surface area contributed by atoms with E-state index in [0.29, 0.717) is 18.1 Å². The van der Waals surface area contributed by atoms with Gasteiger partial charge in [0.15, 0.2) is 5.11 Å². The van der Waals surface area contributed by atoms with Crippen LogP contribution in [-0.4, -0.2) is 54.0 Å². The lowest BCUT2D eigenvalue weighted by Gasteiger charge is -2.36. The number of carbonyl (C=O) groups excluding carboxylic acids is 3. The van der Waals surface area contributed by atoms with Gasteiger partial charge in [0.05, 0.1) is 20.0 Å². The Morgan fingerprint density at radius 2 is 2.08 bits per heavy atom. The predicted octanol–water partition coefficient (Wildman–Crippen LogP) is 0.647. The third-order valence-corrected chi connectivity index (χ3v) is 4.29. The highest BCUT2D eigenvalue weighted by atomic mass is 35.5. The van der Waals surface area contributed by atoms with Crippen molar-refractivity contribution in [3.8, 4) is 0 Å². The standard InChI is InChI=1S/C16H18ClN3O4S/c1-24-14(22)9-12-15(23)18-6-7-20(12)16(25)19-13(21)8-10-2-4-11(17)5-3-10/h2-5,12H,6-9H2,1H3,(H,18,23)(H,19,21,25)/t12-/m1/s1. The molecule has 2 rings (SSSR count). The molecule has 1 aliphatic heterocycles. The Morgan fingerprint density at radius 3 is 2.72 bits per heavy atom. The predicted molar refractivity (Wildman–Crippen MR) is 96.0 cm³/mol. The molecule has 25 heavy (non-hydrogen) atoms. The van der Waals surface area contributed by atoms with Crippen molar-refractivity contribution in [1.29, 1.82) is 0 Å². The number of piperazine rings is 1. The molecule has 0 aromatic heterocycles. The van der Waals surface area contributed by atoms with Crippen molar-refractivity contribution in [2.75, 3.05) is 20.2 Å². The van der Waals surface area contributed by atoms with Gasteiger partial charge in [-0.2, -0.15) is 0 Å². The lowest BCUT2D eigenvalue weighted by molar-refractivity contribution is -0.144. The maximum atomic E-state index is 12.2. The van der Waals surface area contributed by atoms with Crippen molar-refractivity contribution in [1.82, 2.24) is 15.5 Å². The molecule has 0 saturated carbocycles. The van der Waals surface area contributed by atoms with Gasteiger partial charge in [0, 0.05) is 18.1 Å². The Balaban J connectivity index is 1.99. The van der Waals surface area contributed by atoms with E-state index in [1.54, 1.807) is 24.3 Å². The number of rotatable bonds is 4. The van der Waals surface area contributed by atoms with Crippen molar-refractivity contribution >= 4 is 46.7 Å². The maximum Gasteiger partial charge on any atom is 0.308 e. The van der Waals surface area contributed by atoms with Crippen LogP contribution in [0.15, 0.2) is 24.3 Å². The molecule has 1 fully saturated rings. The SMILES string of the molecule is COC(=O)C[C@@H]1C(=O)NCCN1C(=S)NC(=O)Cc1ccc(Cl)cc1. The Morgan fingerprint density at radius 1 is 1.40 bits per heavy atom. The first kappa shape index (κ1) is 19.1. The molecule has 1 saturated heterocycles. The van der Waals surface area contributed by atoms with Crippen LogP contribution >= 0.6 is 23.8 Å². The molecule has 134 valence electrons. The minimum Gasteiger partial charge on any atom is -0.469 e. The molecule has 0 bridgehead atoms. The maximum absolute atomic E-state index is 12.2. The lowest BCUT2D eigenvalue weighted by Crippen LogP contribution is -2.60. The molecular formula is C16H18ClN3O4S. The summed E-state index contributed by atoms with van der Waals surface area (Å²) >= 11 is 11.1. The third kappa shape index (κ3) is 5.40. The van der Waals surface area contributed by atoms with Crippen molar-refractivity contribution in [3.63, 3.8) is 0 Å². The molecule has 0 radical (unpaired) electrons. The second-order valence-electron chi connectivity index (χ2n) is 5.44. The number of halogens is 1. The number of thiocarbonyl (C=S) groups is 1. The van der Waals surface area contributed by atoms with Crippen LogP contribution in [0.1, 0.15) is 12.0 Å². The van der Waals surface area contributed by atoms with Gasteiger partial charge in [-0.1, -0.05) is 23.7 Å². The van der Waals surface area contributed by atoms with Crippen LogP contribution in [0.2, 0.25) is 5.02 Å². The molecule has 1 aromatic carbocycles. The summed E-state index contributed by atoms with van der Waals surface area (Å²) in [4.78, 5) is 37.2. The summed E-state index contributed by atoms with van der Waals surface area (Å²) in [6.45, 7) is 0.775. The van der Waals surface area contributed by atoms with Gasteiger partial charge in [0.2, 0.25) is 11.8 Å². The molecule has 0 spiro atoms. The number of carbonyl (C=O) groups is 3. The Hall–Kier alpha value is -2.19. The van der Waals surface area contributed by atoms with Gasteiger partial charge in [0.25, 0.3) is 0 Å². The van der Waals surface area contributed by atoms with E-state index in [4.69, 9.17) is 23.8 Å². The van der Waals surface area contributed by atoms with Crippen molar-refractivity contribution in [2.24, 2.45) is 0 Å². The zero-order valence-corrected chi connectivity index (χ0v) is 15.2. The summed E-state index contributed by atoms with van der Waals surface area (Å²) in [6, 6.07) is 6.09. The van der Waals surface area contributed by atoms with Crippen LogP contribution < -0.4 is 10.6 Å². The van der Waals surface area contributed by atoms with Crippen molar-refractivity contribution < 1.29 is 19.1 Å². The highest BCUT2D eigenvalue weighted by Gasteiger charge is 2.33. The van der Waals surface area contributed by atoms with E-state index in [0.717, 1.165) is 5.56 Å². The molecule has 7 nitrogen and oxygen atoms in total. The Labute approximate surface area is 155 Å². The quantitative estimate of drug-likeness (QED) is 0.586. The van der Waals surface area contributed by atoms with Crippen LogP contribution in [0.4, 0.5) is 0 Å². The molecule has 1 heterocycles. The number of nitrogens with one attached hydrogen (secondary N) is 2.